The highest BCUT2D eigenvalue weighted by Gasteiger charge is 2.12. The smallest absolute Gasteiger partial charge is 0.221 e. The number of anilines is 2. The van der Waals surface area contributed by atoms with Crippen LogP contribution in [0.3, 0.4) is 0 Å². The van der Waals surface area contributed by atoms with Crippen molar-refractivity contribution in [2.75, 3.05) is 11.1 Å². The highest BCUT2D eigenvalue weighted by molar-refractivity contribution is 5.89. The summed E-state index contributed by atoms with van der Waals surface area (Å²) in [5.74, 6) is -2.23. The number of nitrogens with two attached hydrogens (primary N) is 1. The molecule has 0 unspecified atom stereocenters. The normalized spacial score (nSPS) is 10.3. The molecule has 0 radical (unpaired) electrons. The average Bonchev–Trinajstić information content (AvgIpc) is 2.37. The third-order valence-corrected chi connectivity index (χ3v) is 2.63. The lowest BCUT2D eigenvalue weighted by Gasteiger charge is -2.07. The molecule has 0 spiro atoms. The predicted octanol–water partition coefficient (Wildman–Crippen LogP) is 3.17. The van der Waals surface area contributed by atoms with E-state index in [0.29, 0.717) is 11.3 Å². The second kappa shape index (κ2) is 5.06. The fourth-order valence-electron chi connectivity index (χ4n) is 1.72. The standard InChI is InChI=1S/C14H12F2N2O/c1-8(19)18-10-4-2-9(3-5-10)11-6-7-12(17)14(16)13(11)15/h2-7H,17H2,1H3,(H,18,19). The first-order valence-corrected chi connectivity index (χ1v) is 5.60. The maximum absolute atomic E-state index is 13.7. The molecule has 19 heavy (non-hydrogen) atoms. The molecule has 98 valence electrons. The van der Waals surface area contributed by atoms with E-state index in [9.17, 15) is 13.6 Å². The lowest BCUT2D eigenvalue weighted by molar-refractivity contribution is -0.114. The number of carbonyl (C=O) groups is 1. The number of rotatable bonds is 2. The number of hydrogen-bond acceptors (Lipinski definition) is 2. The average molecular weight is 262 g/mol. The van der Waals surface area contributed by atoms with Gasteiger partial charge in [0.25, 0.3) is 0 Å². The second-order valence-electron chi connectivity index (χ2n) is 4.09. The van der Waals surface area contributed by atoms with Crippen LogP contribution in [-0.4, -0.2) is 5.91 Å². The maximum Gasteiger partial charge on any atom is 0.221 e. The largest absolute Gasteiger partial charge is 0.396 e. The van der Waals surface area contributed by atoms with Crippen molar-refractivity contribution in [3.05, 3.63) is 48.0 Å². The highest BCUT2D eigenvalue weighted by Crippen LogP contribution is 2.28. The molecule has 2 aromatic carbocycles. The van der Waals surface area contributed by atoms with Gasteiger partial charge in [-0.15, -0.1) is 0 Å². The SMILES string of the molecule is CC(=O)Nc1ccc(-c2ccc(N)c(F)c2F)cc1. The fraction of sp³-hybridized carbons (Fsp3) is 0.0714. The Morgan fingerprint density at radius 2 is 1.68 bits per heavy atom. The van der Waals surface area contributed by atoms with Crippen LogP contribution in [0.4, 0.5) is 20.2 Å². The van der Waals surface area contributed by atoms with Crippen LogP contribution in [0, 0.1) is 11.6 Å². The molecular weight excluding hydrogens is 250 g/mol. The molecule has 0 fully saturated rings. The molecule has 3 nitrogen and oxygen atoms in total. The van der Waals surface area contributed by atoms with Gasteiger partial charge in [0.05, 0.1) is 5.69 Å². The minimum absolute atomic E-state index is 0.126. The van der Waals surface area contributed by atoms with E-state index in [4.69, 9.17) is 5.73 Å². The van der Waals surface area contributed by atoms with Gasteiger partial charge < -0.3 is 11.1 Å². The van der Waals surface area contributed by atoms with Gasteiger partial charge in [0.15, 0.2) is 11.6 Å². The molecule has 0 saturated carbocycles. The molecular formula is C14H12F2N2O. The van der Waals surface area contributed by atoms with Crippen LogP contribution in [0.15, 0.2) is 36.4 Å². The molecule has 2 aromatic rings. The summed E-state index contributed by atoms with van der Waals surface area (Å²) in [5.41, 5.74) is 6.28. The van der Waals surface area contributed by atoms with Gasteiger partial charge in [-0.2, -0.15) is 0 Å². The van der Waals surface area contributed by atoms with Crippen molar-refractivity contribution in [1.82, 2.24) is 0 Å². The number of nitrogen functional groups attached to an aromatic ring is 1. The van der Waals surface area contributed by atoms with Gasteiger partial charge in [-0.3, -0.25) is 4.79 Å². The van der Waals surface area contributed by atoms with Gasteiger partial charge in [0.2, 0.25) is 5.91 Å². The molecule has 3 N–H and O–H groups in total. The van der Waals surface area contributed by atoms with Crippen LogP contribution in [0.5, 0.6) is 0 Å². The third-order valence-electron chi connectivity index (χ3n) is 2.63. The first-order valence-electron chi connectivity index (χ1n) is 5.60. The number of carbonyl (C=O) groups excluding carboxylic acids is 1. The lowest BCUT2D eigenvalue weighted by Crippen LogP contribution is -2.05. The molecule has 2 rings (SSSR count). The Kier molecular flexibility index (Phi) is 3.46. The van der Waals surface area contributed by atoms with Crippen LogP contribution < -0.4 is 11.1 Å². The number of halogens is 2. The summed E-state index contributed by atoms with van der Waals surface area (Å²) >= 11 is 0. The molecule has 0 aliphatic carbocycles. The van der Waals surface area contributed by atoms with Gasteiger partial charge >= 0.3 is 0 Å². The summed E-state index contributed by atoms with van der Waals surface area (Å²) in [6.07, 6.45) is 0. The van der Waals surface area contributed by atoms with Crippen molar-refractivity contribution in [2.45, 2.75) is 6.92 Å². The van der Waals surface area contributed by atoms with Crippen LogP contribution in [0.25, 0.3) is 11.1 Å². The summed E-state index contributed by atoms with van der Waals surface area (Å²) < 4.78 is 27.1. The van der Waals surface area contributed by atoms with E-state index in [1.165, 1.54) is 19.1 Å². The molecule has 0 aliphatic rings. The molecule has 1 amide bonds. The zero-order valence-electron chi connectivity index (χ0n) is 10.2. The van der Waals surface area contributed by atoms with Gasteiger partial charge in [0, 0.05) is 18.2 Å². The number of hydrogen-bond donors (Lipinski definition) is 2. The van der Waals surface area contributed by atoms with E-state index in [1.54, 1.807) is 24.3 Å². The van der Waals surface area contributed by atoms with Crippen molar-refractivity contribution in [3.8, 4) is 11.1 Å². The van der Waals surface area contributed by atoms with Crippen LogP contribution in [0.2, 0.25) is 0 Å². The van der Waals surface area contributed by atoms with E-state index < -0.39 is 11.6 Å². The Balaban J connectivity index is 2.37. The van der Waals surface area contributed by atoms with Crippen molar-refractivity contribution in [2.24, 2.45) is 0 Å². The number of amides is 1. The summed E-state index contributed by atoms with van der Waals surface area (Å²) in [6.45, 7) is 1.39. The van der Waals surface area contributed by atoms with Gasteiger partial charge in [-0.05, 0) is 29.8 Å². The zero-order chi connectivity index (χ0) is 14.0. The summed E-state index contributed by atoms with van der Waals surface area (Å²) in [4.78, 5) is 10.9. The molecule has 0 aliphatic heterocycles. The number of nitrogens with one attached hydrogen (secondary N) is 1. The van der Waals surface area contributed by atoms with Crippen molar-refractivity contribution < 1.29 is 13.6 Å². The third kappa shape index (κ3) is 2.70. The molecule has 0 atom stereocenters. The maximum atomic E-state index is 13.7. The topological polar surface area (TPSA) is 55.1 Å². The Labute approximate surface area is 109 Å². The second-order valence-corrected chi connectivity index (χ2v) is 4.09. The van der Waals surface area contributed by atoms with E-state index in [2.05, 4.69) is 5.32 Å². The highest BCUT2D eigenvalue weighted by atomic mass is 19.2. The van der Waals surface area contributed by atoms with Crippen LogP contribution in [-0.2, 0) is 4.79 Å². The van der Waals surface area contributed by atoms with Crippen molar-refractivity contribution >= 4 is 17.3 Å². The van der Waals surface area contributed by atoms with Crippen LogP contribution in [0.1, 0.15) is 6.92 Å². The first kappa shape index (κ1) is 13.0. The van der Waals surface area contributed by atoms with Gasteiger partial charge in [-0.25, -0.2) is 8.78 Å². The summed E-state index contributed by atoms with van der Waals surface area (Å²) in [6, 6.07) is 9.16. The Morgan fingerprint density at radius 3 is 2.26 bits per heavy atom. The monoisotopic (exact) mass is 262 g/mol. The molecule has 0 bridgehead atoms. The number of benzene rings is 2. The quantitative estimate of drug-likeness (QED) is 0.817. The van der Waals surface area contributed by atoms with Crippen LogP contribution >= 0.6 is 0 Å². The van der Waals surface area contributed by atoms with E-state index in [-0.39, 0.29) is 17.2 Å². The zero-order valence-corrected chi connectivity index (χ0v) is 10.2. The van der Waals surface area contributed by atoms with Crippen molar-refractivity contribution in [3.63, 3.8) is 0 Å². The van der Waals surface area contributed by atoms with E-state index >= 15 is 0 Å². The van der Waals surface area contributed by atoms with Gasteiger partial charge in [0.1, 0.15) is 0 Å². The fourth-order valence-corrected chi connectivity index (χ4v) is 1.72. The molecule has 0 saturated heterocycles. The Hall–Kier alpha value is -2.43. The Bertz CT molecular complexity index is 624. The summed E-state index contributed by atoms with van der Waals surface area (Å²) in [7, 11) is 0. The minimum atomic E-state index is -1.05. The molecule has 5 heteroatoms. The molecule has 0 aromatic heterocycles. The Morgan fingerprint density at radius 1 is 1.05 bits per heavy atom. The minimum Gasteiger partial charge on any atom is -0.396 e. The van der Waals surface area contributed by atoms with E-state index in [0.717, 1.165) is 0 Å². The van der Waals surface area contributed by atoms with Crippen molar-refractivity contribution in [1.29, 1.82) is 0 Å². The molecule has 0 heterocycles. The van der Waals surface area contributed by atoms with Gasteiger partial charge in [-0.1, -0.05) is 12.1 Å². The lowest BCUT2D eigenvalue weighted by atomic mass is 10.0. The predicted molar refractivity (Wildman–Crippen MR) is 70.5 cm³/mol. The van der Waals surface area contributed by atoms with E-state index in [1.807, 2.05) is 0 Å². The summed E-state index contributed by atoms with van der Waals surface area (Å²) in [5, 5.41) is 2.59. The first-order chi connectivity index (χ1) is 8.99.